The molecular weight excluding hydrogens is 260 g/mol. The number of nitrogens with one attached hydrogen (secondary N) is 2. The molecule has 0 radical (unpaired) electrons. The molecule has 3 heteroatoms. The number of aryl methyl sites for hydroxylation is 3. The zero-order valence-electron chi connectivity index (χ0n) is 13.0. The van der Waals surface area contributed by atoms with Gasteiger partial charge in [-0.05, 0) is 49.9 Å². The van der Waals surface area contributed by atoms with Crippen LogP contribution in [0.5, 0.6) is 0 Å². The fourth-order valence-corrected chi connectivity index (χ4v) is 2.51. The number of rotatable bonds is 3. The van der Waals surface area contributed by atoms with Gasteiger partial charge in [-0.3, -0.25) is 0 Å². The molecule has 0 unspecified atom stereocenters. The van der Waals surface area contributed by atoms with Crippen molar-refractivity contribution in [2.45, 2.75) is 33.7 Å². The number of hydrogen-bond acceptors (Lipinski definition) is 1. The molecule has 3 nitrogen and oxygen atoms in total. The van der Waals surface area contributed by atoms with Gasteiger partial charge in [-0.1, -0.05) is 42.5 Å². The lowest BCUT2D eigenvalue weighted by Crippen LogP contribution is -2.32. The largest absolute Gasteiger partial charge is 0.331 e. The Hall–Kier alpha value is -2.29. The zero-order chi connectivity index (χ0) is 15.4. The van der Waals surface area contributed by atoms with Crippen molar-refractivity contribution < 1.29 is 4.79 Å². The van der Waals surface area contributed by atoms with Crippen LogP contribution in [-0.2, 0) is 0 Å². The third-order valence-electron chi connectivity index (χ3n) is 3.72. The normalized spacial score (nSPS) is 11.8. The van der Waals surface area contributed by atoms with Crippen LogP contribution in [-0.4, -0.2) is 6.03 Å². The van der Waals surface area contributed by atoms with Crippen LogP contribution in [0.15, 0.2) is 42.5 Å². The van der Waals surface area contributed by atoms with Crippen LogP contribution in [0.2, 0.25) is 0 Å². The predicted octanol–water partition coefficient (Wildman–Crippen LogP) is 4.49. The summed E-state index contributed by atoms with van der Waals surface area (Å²) in [6.45, 7) is 8.03. The zero-order valence-corrected chi connectivity index (χ0v) is 13.0. The Morgan fingerprint density at radius 2 is 1.48 bits per heavy atom. The molecule has 2 N–H and O–H groups in total. The van der Waals surface area contributed by atoms with Crippen LogP contribution in [0.25, 0.3) is 0 Å². The maximum atomic E-state index is 12.2. The molecule has 2 amide bonds. The highest BCUT2D eigenvalue weighted by atomic mass is 16.2. The highest BCUT2D eigenvalue weighted by Gasteiger charge is 2.12. The number of para-hydroxylation sites is 1. The van der Waals surface area contributed by atoms with E-state index in [-0.39, 0.29) is 12.1 Å². The van der Waals surface area contributed by atoms with Gasteiger partial charge in [-0.15, -0.1) is 0 Å². The molecule has 0 saturated carbocycles. The first kappa shape index (κ1) is 15.1. The highest BCUT2D eigenvalue weighted by Crippen LogP contribution is 2.20. The first-order valence-corrected chi connectivity index (χ1v) is 7.18. The Kier molecular flexibility index (Phi) is 4.63. The fourth-order valence-electron chi connectivity index (χ4n) is 2.51. The van der Waals surface area contributed by atoms with Gasteiger partial charge in [0.15, 0.2) is 0 Å². The molecule has 0 bridgehead atoms. The monoisotopic (exact) mass is 282 g/mol. The van der Waals surface area contributed by atoms with Gasteiger partial charge in [0.2, 0.25) is 0 Å². The number of hydrogen-bond donors (Lipinski definition) is 2. The van der Waals surface area contributed by atoms with Gasteiger partial charge in [0.05, 0.1) is 6.04 Å². The summed E-state index contributed by atoms with van der Waals surface area (Å²) < 4.78 is 0. The van der Waals surface area contributed by atoms with Gasteiger partial charge in [-0.2, -0.15) is 0 Å². The van der Waals surface area contributed by atoms with Crippen LogP contribution in [0.1, 0.15) is 35.2 Å². The van der Waals surface area contributed by atoms with E-state index in [0.717, 1.165) is 22.4 Å². The first-order chi connectivity index (χ1) is 9.99. The van der Waals surface area contributed by atoms with E-state index in [1.165, 1.54) is 5.56 Å². The molecule has 0 heterocycles. The lowest BCUT2D eigenvalue weighted by Gasteiger charge is -2.18. The summed E-state index contributed by atoms with van der Waals surface area (Å²) in [7, 11) is 0. The van der Waals surface area contributed by atoms with E-state index < -0.39 is 0 Å². The molecule has 110 valence electrons. The lowest BCUT2D eigenvalue weighted by molar-refractivity contribution is 0.249. The molecule has 21 heavy (non-hydrogen) atoms. The van der Waals surface area contributed by atoms with Crippen LogP contribution in [0.3, 0.4) is 0 Å². The average molecular weight is 282 g/mol. The SMILES string of the molecule is Cc1ccccc1[C@H](C)NC(=O)Nc1c(C)cccc1C. The Bertz CT molecular complexity index is 629. The van der Waals surface area contributed by atoms with Crippen LogP contribution in [0.4, 0.5) is 10.5 Å². The van der Waals surface area contributed by atoms with Gasteiger partial charge in [0.25, 0.3) is 0 Å². The summed E-state index contributed by atoms with van der Waals surface area (Å²) in [4.78, 5) is 12.2. The Balaban J connectivity index is 2.07. The average Bonchev–Trinajstić information content (AvgIpc) is 2.43. The summed E-state index contributed by atoms with van der Waals surface area (Å²) in [5, 5.41) is 5.94. The van der Waals surface area contributed by atoms with Crippen molar-refractivity contribution in [2.24, 2.45) is 0 Å². The van der Waals surface area contributed by atoms with Gasteiger partial charge in [-0.25, -0.2) is 4.79 Å². The van der Waals surface area contributed by atoms with Gasteiger partial charge >= 0.3 is 6.03 Å². The maximum absolute atomic E-state index is 12.2. The second-order valence-electron chi connectivity index (χ2n) is 5.44. The standard InChI is InChI=1S/C18H22N2O/c1-12-8-5-6-11-16(12)15(4)19-18(21)20-17-13(2)9-7-10-14(17)3/h5-11,15H,1-4H3,(H2,19,20,21)/t15-/m0/s1. The lowest BCUT2D eigenvalue weighted by atomic mass is 10.0. The van der Waals surface area contributed by atoms with E-state index in [1.807, 2.05) is 57.2 Å². The second kappa shape index (κ2) is 6.44. The van der Waals surface area contributed by atoms with Crippen LogP contribution in [0, 0.1) is 20.8 Å². The van der Waals surface area contributed by atoms with E-state index in [4.69, 9.17) is 0 Å². The molecule has 0 aromatic heterocycles. The first-order valence-electron chi connectivity index (χ1n) is 7.18. The Labute approximate surface area is 126 Å². The Morgan fingerprint density at radius 1 is 0.905 bits per heavy atom. The summed E-state index contributed by atoms with van der Waals surface area (Å²) in [5.41, 5.74) is 5.32. The van der Waals surface area contributed by atoms with Crippen molar-refractivity contribution in [2.75, 3.05) is 5.32 Å². The van der Waals surface area contributed by atoms with Crippen molar-refractivity contribution >= 4 is 11.7 Å². The van der Waals surface area contributed by atoms with Gasteiger partial charge in [0, 0.05) is 5.69 Å². The van der Waals surface area contributed by atoms with E-state index >= 15 is 0 Å². The minimum atomic E-state index is -0.178. The molecule has 0 aliphatic carbocycles. The van der Waals surface area contributed by atoms with Crippen LogP contribution >= 0.6 is 0 Å². The quantitative estimate of drug-likeness (QED) is 0.855. The van der Waals surface area contributed by atoms with E-state index in [9.17, 15) is 4.79 Å². The molecule has 0 spiro atoms. The number of carbonyl (C=O) groups excluding carboxylic acids is 1. The number of benzene rings is 2. The fraction of sp³-hybridized carbons (Fsp3) is 0.278. The molecule has 0 saturated heterocycles. The molecule has 0 fully saturated rings. The summed E-state index contributed by atoms with van der Waals surface area (Å²) in [5.74, 6) is 0. The third kappa shape index (κ3) is 3.63. The molecule has 2 rings (SSSR count). The molecular formula is C18H22N2O. The second-order valence-corrected chi connectivity index (χ2v) is 5.44. The molecule has 2 aromatic carbocycles. The van der Waals surface area contributed by atoms with Crippen molar-refractivity contribution in [3.63, 3.8) is 0 Å². The van der Waals surface area contributed by atoms with Crippen molar-refractivity contribution in [1.82, 2.24) is 5.32 Å². The molecule has 1 atom stereocenters. The van der Waals surface area contributed by atoms with E-state index in [0.29, 0.717) is 0 Å². The van der Waals surface area contributed by atoms with E-state index in [1.54, 1.807) is 0 Å². The van der Waals surface area contributed by atoms with Crippen LogP contribution < -0.4 is 10.6 Å². The van der Waals surface area contributed by atoms with Crippen molar-refractivity contribution in [3.8, 4) is 0 Å². The molecule has 0 aliphatic rings. The number of carbonyl (C=O) groups is 1. The van der Waals surface area contributed by atoms with Crippen molar-refractivity contribution in [1.29, 1.82) is 0 Å². The minimum Gasteiger partial charge on any atom is -0.331 e. The minimum absolute atomic E-state index is 0.0319. The number of urea groups is 1. The molecule has 2 aromatic rings. The van der Waals surface area contributed by atoms with Crippen molar-refractivity contribution in [3.05, 3.63) is 64.7 Å². The number of anilines is 1. The van der Waals surface area contributed by atoms with E-state index in [2.05, 4.69) is 23.6 Å². The van der Waals surface area contributed by atoms with Gasteiger partial charge < -0.3 is 10.6 Å². The maximum Gasteiger partial charge on any atom is 0.319 e. The van der Waals surface area contributed by atoms with Gasteiger partial charge in [0.1, 0.15) is 0 Å². The predicted molar refractivity (Wildman–Crippen MR) is 87.7 cm³/mol. The smallest absolute Gasteiger partial charge is 0.319 e. The topological polar surface area (TPSA) is 41.1 Å². The summed E-state index contributed by atoms with van der Waals surface area (Å²) in [6, 6.07) is 13.9. The summed E-state index contributed by atoms with van der Waals surface area (Å²) >= 11 is 0. The number of amides is 2. The summed E-state index contributed by atoms with van der Waals surface area (Å²) in [6.07, 6.45) is 0. The highest BCUT2D eigenvalue weighted by molar-refractivity contribution is 5.91. The Morgan fingerprint density at radius 3 is 2.10 bits per heavy atom. The third-order valence-corrected chi connectivity index (χ3v) is 3.72. The molecule has 0 aliphatic heterocycles.